The molecule has 3 heteroatoms. The summed E-state index contributed by atoms with van der Waals surface area (Å²) >= 11 is 0. The van der Waals surface area contributed by atoms with Crippen LogP contribution in [0.4, 0.5) is 0 Å². The largest absolute Gasteiger partial charge is 0.488 e. The summed E-state index contributed by atoms with van der Waals surface area (Å²) in [5, 5.41) is 9.01. The number of aliphatic hydroxyl groups is 1. The van der Waals surface area contributed by atoms with E-state index in [4.69, 9.17) is 15.6 Å². The summed E-state index contributed by atoms with van der Waals surface area (Å²) in [5.41, 5.74) is 8.23. The van der Waals surface area contributed by atoms with E-state index in [-0.39, 0.29) is 18.8 Å². The zero-order valence-electron chi connectivity index (χ0n) is 8.23. The van der Waals surface area contributed by atoms with E-state index in [9.17, 15) is 0 Å². The average Bonchev–Trinajstić information content (AvgIpc) is 2.19. The second-order valence-electron chi connectivity index (χ2n) is 3.81. The number of hydrogen-bond acceptors (Lipinski definition) is 3. The van der Waals surface area contributed by atoms with Crippen LogP contribution in [0.25, 0.3) is 0 Å². The van der Waals surface area contributed by atoms with Gasteiger partial charge in [-0.3, -0.25) is 0 Å². The molecule has 0 saturated carbocycles. The Hall–Kier alpha value is -1.06. The van der Waals surface area contributed by atoms with Crippen molar-refractivity contribution in [3.8, 4) is 5.75 Å². The van der Waals surface area contributed by atoms with Gasteiger partial charge >= 0.3 is 0 Å². The second-order valence-corrected chi connectivity index (χ2v) is 3.81. The normalized spacial score (nSPS) is 25.4. The van der Waals surface area contributed by atoms with Crippen molar-refractivity contribution in [2.75, 3.05) is 6.61 Å². The van der Waals surface area contributed by atoms with Gasteiger partial charge in [0.25, 0.3) is 0 Å². The lowest BCUT2D eigenvalue weighted by molar-refractivity contribution is 0.0888. The summed E-state index contributed by atoms with van der Waals surface area (Å²) in [6, 6.07) is 5.95. The molecule has 1 aliphatic rings. The minimum Gasteiger partial charge on any atom is -0.488 e. The Morgan fingerprint density at radius 2 is 2.36 bits per heavy atom. The highest BCUT2D eigenvalue weighted by atomic mass is 16.5. The van der Waals surface area contributed by atoms with E-state index in [0.29, 0.717) is 6.42 Å². The molecule has 1 aromatic rings. The predicted molar refractivity (Wildman–Crippen MR) is 54.2 cm³/mol. The van der Waals surface area contributed by atoms with Gasteiger partial charge in [0.05, 0.1) is 6.61 Å². The Labute approximate surface area is 83.5 Å². The first-order valence-corrected chi connectivity index (χ1v) is 4.84. The van der Waals surface area contributed by atoms with Gasteiger partial charge < -0.3 is 15.6 Å². The van der Waals surface area contributed by atoms with Gasteiger partial charge in [-0.25, -0.2) is 0 Å². The van der Waals surface area contributed by atoms with Crippen LogP contribution in [0.15, 0.2) is 18.2 Å². The first kappa shape index (κ1) is 9.49. The molecule has 0 radical (unpaired) electrons. The maximum atomic E-state index is 9.01. The van der Waals surface area contributed by atoms with Gasteiger partial charge in [-0.05, 0) is 13.0 Å². The van der Waals surface area contributed by atoms with E-state index in [1.165, 1.54) is 5.56 Å². The van der Waals surface area contributed by atoms with Crippen molar-refractivity contribution < 1.29 is 9.84 Å². The number of ether oxygens (including phenoxy) is 1. The second kappa shape index (κ2) is 3.59. The topological polar surface area (TPSA) is 55.5 Å². The molecule has 2 rings (SSSR count). The van der Waals surface area contributed by atoms with Gasteiger partial charge in [-0.15, -0.1) is 0 Å². The van der Waals surface area contributed by atoms with Crippen molar-refractivity contribution in [2.45, 2.75) is 25.5 Å². The van der Waals surface area contributed by atoms with Crippen LogP contribution in [-0.2, 0) is 0 Å². The van der Waals surface area contributed by atoms with E-state index in [1.54, 1.807) is 0 Å². The minimum atomic E-state index is -0.153. The smallest absolute Gasteiger partial charge is 0.124 e. The Balaban J connectivity index is 2.35. The predicted octanol–water partition coefficient (Wildman–Crippen LogP) is 1.14. The third-order valence-corrected chi connectivity index (χ3v) is 2.58. The molecule has 0 aliphatic carbocycles. The van der Waals surface area contributed by atoms with E-state index in [0.717, 1.165) is 11.3 Å². The Kier molecular flexibility index (Phi) is 2.44. The molecule has 1 aliphatic heterocycles. The lowest BCUT2D eigenvalue weighted by Gasteiger charge is -2.29. The number of benzene rings is 1. The zero-order chi connectivity index (χ0) is 10.1. The molecule has 3 nitrogen and oxygen atoms in total. The van der Waals surface area contributed by atoms with Gasteiger partial charge in [0, 0.05) is 18.0 Å². The van der Waals surface area contributed by atoms with Crippen molar-refractivity contribution in [1.29, 1.82) is 0 Å². The van der Waals surface area contributed by atoms with Crippen molar-refractivity contribution in [1.82, 2.24) is 0 Å². The third kappa shape index (κ3) is 1.61. The number of rotatable bonds is 1. The Bertz CT molecular complexity index is 338. The molecule has 0 bridgehead atoms. The van der Waals surface area contributed by atoms with Crippen LogP contribution >= 0.6 is 0 Å². The average molecular weight is 193 g/mol. The van der Waals surface area contributed by atoms with Crippen molar-refractivity contribution >= 4 is 0 Å². The van der Waals surface area contributed by atoms with Gasteiger partial charge in [0.15, 0.2) is 0 Å². The summed E-state index contributed by atoms with van der Waals surface area (Å²) in [6.45, 7) is 2.06. The zero-order valence-corrected chi connectivity index (χ0v) is 8.23. The highest BCUT2D eigenvalue weighted by Gasteiger charge is 2.24. The first-order valence-electron chi connectivity index (χ1n) is 4.84. The van der Waals surface area contributed by atoms with Crippen LogP contribution in [0.2, 0.25) is 0 Å². The number of aliphatic hydroxyl groups excluding tert-OH is 1. The van der Waals surface area contributed by atoms with Crippen LogP contribution in [0.1, 0.15) is 23.6 Å². The van der Waals surface area contributed by atoms with Gasteiger partial charge in [0.1, 0.15) is 11.9 Å². The molecule has 0 spiro atoms. The molecule has 0 fully saturated rings. The fourth-order valence-corrected chi connectivity index (χ4v) is 1.81. The van der Waals surface area contributed by atoms with Crippen LogP contribution in [0.3, 0.4) is 0 Å². The standard InChI is InChI=1S/C11H15NO2/c1-7-2-3-11-9(4-7)10(12)5-8(6-13)14-11/h2-4,8,10,13H,5-6,12H2,1H3. The van der Waals surface area contributed by atoms with Crippen LogP contribution < -0.4 is 10.5 Å². The molecule has 2 unspecified atom stereocenters. The summed E-state index contributed by atoms with van der Waals surface area (Å²) in [6.07, 6.45) is 0.535. The fourth-order valence-electron chi connectivity index (χ4n) is 1.81. The van der Waals surface area contributed by atoms with Gasteiger partial charge in [-0.1, -0.05) is 17.7 Å². The van der Waals surface area contributed by atoms with Crippen molar-refractivity contribution in [3.63, 3.8) is 0 Å². The highest BCUT2D eigenvalue weighted by molar-refractivity contribution is 5.40. The molecule has 76 valence electrons. The quantitative estimate of drug-likeness (QED) is 0.703. The molecule has 0 amide bonds. The lowest BCUT2D eigenvalue weighted by atomic mass is 9.96. The Morgan fingerprint density at radius 1 is 1.57 bits per heavy atom. The van der Waals surface area contributed by atoms with Gasteiger partial charge in [0.2, 0.25) is 0 Å². The third-order valence-electron chi connectivity index (χ3n) is 2.58. The summed E-state index contributed by atoms with van der Waals surface area (Å²) < 4.78 is 5.58. The summed E-state index contributed by atoms with van der Waals surface area (Å²) in [7, 11) is 0. The maximum absolute atomic E-state index is 9.01. The molecule has 0 aromatic heterocycles. The molecule has 1 heterocycles. The first-order chi connectivity index (χ1) is 6.70. The SMILES string of the molecule is Cc1ccc2c(c1)C(N)CC(CO)O2. The fraction of sp³-hybridized carbons (Fsp3) is 0.455. The highest BCUT2D eigenvalue weighted by Crippen LogP contribution is 2.33. The Morgan fingerprint density at radius 3 is 3.07 bits per heavy atom. The van der Waals surface area contributed by atoms with E-state index < -0.39 is 0 Å². The molecule has 3 N–H and O–H groups in total. The van der Waals surface area contributed by atoms with Crippen molar-refractivity contribution in [2.24, 2.45) is 5.73 Å². The molecular weight excluding hydrogens is 178 g/mol. The molecule has 0 saturated heterocycles. The molecule has 1 aromatic carbocycles. The van der Waals surface area contributed by atoms with Crippen LogP contribution in [-0.4, -0.2) is 17.8 Å². The van der Waals surface area contributed by atoms with Gasteiger partial charge in [-0.2, -0.15) is 0 Å². The molecule has 14 heavy (non-hydrogen) atoms. The monoisotopic (exact) mass is 193 g/mol. The molecular formula is C11H15NO2. The number of hydrogen-bond donors (Lipinski definition) is 2. The maximum Gasteiger partial charge on any atom is 0.124 e. The lowest BCUT2D eigenvalue weighted by Crippen LogP contribution is -2.32. The number of fused-ring (bicyclic) bond motifs is 1. The number of aryl methyl sites for hydroxylation is 1. The number of nitrogens with two attached hydrogens (primary N) is 1. The molecule has 2 atom stereocenters. The minimum absolute atomic E-state index is 0.0178. The van der Waals surface area contributed by atoms with Crippen molar-refractivity contribution in [3.05, 3.63) is 29.3 Å². The summed E-state index contributed by atoms with van der Waals surface area (Å²) in [5.74, 6) is 0.813. The van der Waals surface area contributed by atoms with Crippen LogP contribution in [0, 0.1) is 6.92 Å². The summed E-state index contributed by atoms with van der Waals surface area (Å²) in [4.78, 5) is 0. The van der Waals surface area contributed by atoms with Crippen LogP contribution in [0.5, 0.6) is 5.75 Å². The van der Waals surface area contributed by atoms with E-state index >= 15 is 0 Å². The van der Waals surface area contributed by atoms with E-state index in [1.807, 2.05) is 25.1 Å². The van der Waals surface area contributed by atoms with E-state index in [2.05, 4.69) is 0 Å².